The number of hydrogen-bond donors (Lipinski definition) is 1. The van der Waals surface area contributed by atoms with E-state index in [0.717, 1.165) is 49.8 Å². The van der Waals surface area contributed by atoms with Crippen molar-refractivity contribution in [2.45, 2.75) is 118 Å². The van der Waals surface area contributed by atoms with Crippen molar-refractivity contribution in [2.24, 2.45) is 45.6 Å². The zero-order chi connectivity index (χ0) is 26.3. The molecule has 0 aromatic heterocycles. The highest BCUT2D eigenvalue weighted by Gasteiger charge is 2.60. The van der Waals surface area contributed by atoms with Crippen LogP contribution in [-0.4, -0.2) is 47.7 Å². The van der Waals surface area contributed by atoms with E-state index in [-0.39, 0.29) is 17.6 Å². The van der Waals surface area contributed by atoms with E-state index in [1.807, 2.05) is 13.8 Å². The Morgan fingerprint density at radius 1 is 1.06 bits per heavy atom. The zero-order valence-corrected chi connectivity index (χ0v) is 23.9. The number of hydrogen-bond acceptors (Lipinski definition) is 5. The first kappa shape index (κ1) is 27.6. The fraction of sp³-hybridized carbons (Fsp3) is 0.900. The van der Waals surface area contributed by atoms with E-state index < -0.39 is 0 Å². The van der Waals surface area contributed by atoms with Crippen LogP contribution in [0.15, 0.2) is 5.16 Å². The number of ketones is 1. The number of fused-ring (bicyclic) bond motifs is 5. The first-order chi connectivity index (χ1) is 17.0. The molecule has 0 heterocycles. The van der Waals surface area contributed by atoms with Gasteiger partial charge in [0.2, 0.25) is 0 Å². The maximum Gasteiger partial charge on any atom is 0.436 e. The van der Waals surface area contributed by atoms with Gasteiger partial charge in [-0.25, -0.2) is 4.79 Å². The van der Waals surface area contributed by atoms with Crippen LogP contribution in [0, 0.1) is 40.4 Å². The summed E-state index contributed by atoms with van der Waals surface area (Å²) < 4.78 is 0. The number of oxime groups is 1. The van der Waals surface area contributed by atoms with Gasteiger partial charge in [-0.3, -0.25) is 9.63 Å². The minimum Gasteiger partial charge on any atom is -0.313 e. The van der Waals surface area contributed by atoms with Crippen molar-refractivity contribution in [2.75, 3.05) is 13.1 Å². The molecule has 0 spiro atoms. The molecule has 0 aromatic carbocycles. The lowest BCUT2D eigenvalue weighted by Gasteiger charge is -2.60. The van der Waals surface area contributed by atoms with Gasteiger partial charge >= 0.3 is 6.09 Å². The number of amides is 1. The number of rotatable bonds is 7. The van der Waals surface area contributed by atoms with Crippen LogP contribution >= 0.6 is 0 Å². The maximum atomic E-state index is 12.9. The largest absolute Gasteiger partial charge is 0.436 e. The van der Waals surface area contributed by atoms with Crippen molar-refractivity contribution >= 4 is 17.6 Å². The van der Waals surface area contributed by atoms with E-state index in [2.05, 4.69) is 45.1 Å². The molecule has 0 aromatic rings. The Balaban J connectivity index is 1.42. The van der Waals surface area contributed by atoms with Crippen LogP contribution < -0.4 is 5.32 Å². The van der Waals surface area contributed by atoms with Gasteiger partial charge in [0.25, 0.3) is 0 Å². The first-order valence-electron chi connectivity index (χ1n) is 14.7. The lowest BCUT2D eigenvalue weighted by Crippen LogP contribution is -2.53. The molecular weight excluding hydrogens is 450 g/mol. The third kappa shape index (κ3) is 5.13. The van der Waals surface area contributed by atoms with Crippen LogP contribution in [0.25, 0.3) is 0 Å². The Morgan fingerprint density at radius 2 is 1.78 bits per heavy atom. The van der Waals surface area contributed by atoms with E-state index in [9.17, 15) is 9.59 Å². The Kier molecular flexibility index (Phi) is 8.24. The standard InChI is InChI=1S/C30H51N3O3/c1-19(2)31-16-17-33(20(3)4)28(35)36-32-21(5)25-10-11-26-24-9-8-22-18-23(34)12-14-29(22,6)27(24)13-15-30(25,26)7/h19-20,22,24-27,31H,8-18H2,1-7H3/b32-21+/t22-,24-,25+,26-,27-,29-,30+/m0/s1. The second-order valence-corrected chi connectivity index (χ2v) is 13.6. The molecule has 6 nitrogen and oxygen atoms in total. The quantitative estimate of drug-likeness (QED) is 0.248. The molecular formula is C30H51N3O3. The van der Waals surface area contributed by atoms with E-state index in [1.54, 1.807) is 4.90 Å². The van der Waals surface area contributed by atoms with Crippen molar-refractivity contribution in [3.8, 4) is 0 Å². The molecule has 4 aliphatic rings. The summed E-state index contributed by atoms with van der Waals surface area (Å²) in [6, 6.07) is 0.455. The highest BCUT2D eigenvalue weighted by molar-refractivity contribution is 5.85. The number of nitrogens with one attached hydrogen (secondary N) is 1. The van der Waals surface area contributed by atoms with Crippen LogP contribution in [-0.2, 0) is 9.63 Å². The molecule has 6 heteroatoms. The fourth-order valence-corrected chi connectivity index (χ4v) is 8.99. The molecule has 4 saturated carbocycles. The summed E-state index contributed by atoms with van der Waals surface area (Å²) in [6.45, 7) is 16.7. The van der Waals surface area contributed by atoms with E-state index >= 15 is 0 Å². The van der Waals surface area contributed by atoms with Crippen molar-refractivity contribution in [3.05, 3.63) is 0 Å². The van der Waals surface area contributed by atoms with Gasteiger partial charge in [-0.05, 0) is 100 Å². The second-order valence-electron chi connectivity index (χ2n) is 13.6. The molecule has 0 unspecified atom stereocenters. The van der Waals surface area contributed by atoms with Crippen molar-refractivity contribution < 1.29 is 14.4 Å². The zero-order valence-electron chi connectivity index (χ0n) is 23.9. The summed E-state index contributed by atoms with van der Waals surface area (Å²) in [7, 11) is 0. The average molecular weight is 502 g/mol. The number of Topliss-reactive ketones (excluding diaryl/α,β-unsaturated/α-hetero) is 1. The predicted octanol–water partition coefficient (Wildman–Crippen LogP) is 6.44. The van der Waals surface area contributed by atoms with E-state index in [1.165, 1.54) is 32.1 Å². The van der Waals surface area contributed by atoms with Crippen molar-refractivity contribution in [1.29, 1.82) is 0 Å². The molecule has 36 heavy (non-hydrogen) atoms. The maximum absolute atomic E-state index is 12.9. The predicted molar refractivity (Wildman–Crippen MR) is 145 cm³/mol. The van der Waals surface area contributed by atoms with Crippen LogP contribution in [0.1, 0.15) is 106 Å². The molecule has 0 saturated heterocycles. The Labute approximate surface area is 219 Å². The third-order valence-electron chi connectivity index (χ3n) is 11.0. The second kappa shape index (κ2) is 10.7. The highest BCUT2D eigenvalue weighted by atomic mass is 16.7. The molecule has 4 fully saturated rings. The van der Waals surface area contributed by atoms with Crippen molar-refractivity contribution in [3.63, 3.8) is 0 Å². The van der Waals surface area contributed by atoms with Crippen LogP contribution in [0.3, 0.4) is 0 Å². The summed E-state index contributed by atoms with van der Waals surface area (Å²) in [4.78, 5) is 32.3. The molecule has 4 rings (SSSR count). The summed E-state index contributed by atoms with van der Waals surface area (Å²) in [5.41, 5.74) is 1.56. The van der Waals surface area contributed by atoms with Crippen molar-refractivity contribution in [1.82, 2.24) is 10.2 Å². The lowest BCUT2D eigenvalue weighted by molar-refractivity contribution is -0.138. The van der Waals surface area contributed by atoms with Gasteiger partial charge in [0.15, 0.2) is 0 Å². The van der Waals surface area contributed by atoms with Gasteiger partial charge in [-0.2, -0.15) is 0 Å². The number of carbonyl (C=O) groups excluding carboxylic acids is 2. The summed E-state index contributed by atoms with van der Waals surface area (Å²) in [5.74, 6) is 3.71. The molecule has 4 aliphatic carbocycles. The normalized spacial score (nSPS) is 38.5. The van der Waals surface area contributed by atoms with Crippen LogP contribution in [0.2, 0.25) is 0 Å². The van der Waals surface area contributed by atoms with Gasteiger partial charge in [-0.1, -0.05) is 32.9 Å². The average Bonchev–Trinajstić information content (AvgIpc) is 3.17. The topological polar surface area (TPSA) is 71.0 Å². The van der Waals surface area contributed by atoms with Gasteiger partial charge < -0.3 is 10.2 Å². The number of nitrogens with zero attached hydrogens (tertiary/aromatic N) is 2. The van der Waals surface area contributed by atoms with E-state index in [4.69, 9.17) is 4.84 Å². The Hall–Kier alpha value is -1.43. The van der Waals surface area contributed by atoms with Gasteiger partial charge in [0.05, 0.1) is 5.71 Å². The molecule has 7 atom stereocenters. The van der Waals surface area contributed by atoms with Crippen LogP contribution in [0.4, 0.5) is 4.79 Å². The van der Waals surface area contributed by atoms with Gasteiger partial charge in [0, 0.05) is 43.9 Å². The third-order valence-corrected chi connectivity index (χ3v) is 11.0. The minimum atomic E-state index is -0.351. The molecule has 1 N–H and O–H groups in total. The molecule has 0 radical (unpaired) electrons. The molecule has 1 amide bonds. The molecule has 0 bridgehead atoms. The molecule has 0 aliphatic heterocycles. The molecule has 204 valence electrons. The summed E-state index contributed by atoms with van der Waals surface area (Å²) in [5, 5.41) is 7.82. The van der Waals surface area contributed by atoms with Crippen LogP contribution in [0.5, 0.6) is 0 Å². The van der Waals surface area contributed by atoms with Gasteiger partial charge in [0.1, 0.15) is 5.78 Å². The lowest BCUT2D eigenvalue weighted by atomic mass is 9.44. The highest BCUT2D eigenvalue weighted by Crippen LogP contribution is 2.67. The monoisotopic (exact) mass is 501 g/mol. The SMILES string of the molecule is C/C(=N\OC(=O)N(CCNC(C)C)C(C)C)[C@H]1CC[C@H]2[C@@H]3CC[C@H]4CC(=O)CC[C@]4(C)[C@H]3CC[C@]12C. The smallest absolute Gasteiger partial charge is 0.313 e. The van der Waals surface area contributed by atoms with Gasteiger partial charge in [-0.15, -0.1) is 0 Å². The van der Waals surface area contributed by atoms with E-state index in [0.29, 0.717) is 41.5 Å². The first-order valence-corrected chi connectivity index (χ1v) is 14.7. The summed E-state index contributed by atoms with van der Waals surface area (Å²) in [6.07, 6.45) is 9.75. The fourth-order valence-electron chi connectivity index (χ4n) is 8.99. The Bertz CT molecular complexity index is 854. The Morgan fingerprint density at radius 3 is 2.47 bits per heavy atom. The summed E-state index contributed by atoms with van der Waals surface area (Å²) >= 11 is 0. The number of carbonyl (C=O) groups is 2. The minimum absolute atomic E-state index is 0.0668.